The van der Waals surface area contributed by atoms with Crippen molar-refractivity contribution in [3.8, 4) is 0 Å². The van der Waals surface area contributed by atoms with Crippen LogP contribution < -0.4 is 10.2 Å². The van der Waals surface area contributed by atoms with E-state index in [-0.39, 0.29) is 28.9 Å². The van der Waals surface area contributed by atoms with Gasteiger partial charge in [-0.3, -0.25) is 9.59 Å². The smallest absolute Gasteiger partial charge is 0.225 e. The van der Waals surface area contributed by atoms with Gasteiger partial charge in [0.2, 0.25) is 11.8 Å². The Morgan fingerprint density at radius 3 is 2.61 bits per heavy atom. The number of halogens is 1. The Balaban J connectivity index is 1.40. The van der Waals surface area contributed by atoms with Gasteiger partial charge in [-0.15, -0.1) is 11.8 Å². The van der Waals surface area contributed by atoms with Crippen molar-refractivity contribution in [2.24, 2.45) is 0 Å². The molecular formula is C23H26FN3O4S2. The van der Waals surface area contributed by atoms with Gasteiger partial charge in [0, 0.05) is 49.7 Å². The maximum atomic E-state index is 14.0. The fourth-order valence-electron chi connectivity index (χ4n) is 4.00. The van der Waals surface area contributed by atoms with Crippen LogP contribution in [0.15, 0.2) is 52.3 Å². The van der Waals surface area contributed by atoms with Gasteiger partial charge in [0.1, 0.15) is 5.82 Å². The molecule has 7 nitrogen and oxygen atoms in total. The standard InChI is InChI=1S/C23H26FN3O4S2/c1-16(33(30,31)17-6-7-21-19(15-17)25-22(28)8-13-32-21)14-23(29)27-11-9-26(10-12-27)20-5-3-2-4-18(20)24/h2-7,15-16H,8-14H2,1H3,(H,25,28). The molecule has 2 heterocycles. The maximum absolute atomic E-state index is 14.0. The van der Waals surface area contributed by atoms with Gasteiger partial charge in [-0.1, -0.05) is 12.1 Å². The van der Waals surface area contributed by atoms with E-state index in [9.17, 15) is 22.4 Å². The minimum atomic E-state index is -3.76. The molecule has 1 atom stereocenters. The van der Waals surface area contributed by atoms with E-state index in [4.69, 9.17) is 0 Å². The molecule has 2 aromatic carbocycles. The van der Waals surface area contributed by atoms with Crippen molar-refractivity contribution >= 4 is 44.8 Å². The summed E-state index contributed by atoms with van der Waals surface area (Å²) in [5.74, 6) is -0.0428. The third kappa shape index (κ3) is 5.16. The van der Waals surface area contributed by atoms with Gasteiger partial charge in [-0.2, -0.15) is 0 Å². The molecule has 1 saturated heterocycles. The van der Waals surface area contributed by atoms with Crippen LogP contribution in [0.3, 0.4) is 0 Å². The first-order valence-corrected chi connectivity index (χ1v) is 13.4. The number of carbonyl (C=O) groups excluding carboxylic acids is 2. The second-order valence-corrected chi connectivity index (χ2v) is 11.7. The number of rotatable bonds is 5. The molecule has 0 bridgehead atoms. The minimum absolute atomic E-state index is 0.0914. The zero-order valence-corrected chi connectivity index (χ0v) is 19.9. The molecule has 2 amide bonds. The van der Waals surface area contributed by atoms with E-state index in [1.165, 1.54) is 36.9 Å². The summed E-state index contributed by atoms with van der Waals surface area (Å²) < 4.78 is 40.3. The summed E-state index contributed by atoms with van der Waals surface area (Å²) in [6, 6.07) is 11.2. The molecule has 2 aliphatic heterocycles. The lowest BCUT2D eigenvalue weighted by Crippen LogP contribution is -2.49. The van der Waals surface area contributed by atoms with Gasteiger partial charge in [0.25, 0.3) is 0 Å². The molecule has 4 rings (SSSR count). The Bertz CT molecular complexity index is 1160. The lowest BCUT2D eigenvalue weighted by atomic mass is 10.2. The predicted molar refractivity (Wildman–Crippen MR) is 127 cm³/mol. The van der Waals surface area contributed by atoms with Gasteiger partial charge >= 0.3 is 0 Å². The lowest BCUT2D eigenvalue weighted by molar-refractivity contribution is -0.131. The van der Waals surface area contributed by atoms with E-state index in [2.05, 4.69) is 5.32 Å². The highest BCUT2D eigenvalue weighted by atomic mass is 32.2. The number of anilines is 2. The van der Waals surface area contributed by atoms with Crippen LogP contribution in [0.25, 0.3) is 0 Å². The molecule has 0 spiro atoms. The first kappa shape index (κ1) is 23.6. The zero-order chi connectivity index (χ0) is 23.6. The monoisotopic (exact) mass is 491 g/mol. The fraction of sp³-hybridized carbons (Fsp3) is 0.391. The van der Waals surface area contributed by atoms with E-state index in [1.807, 2.05) is 4.90 Å². The van der Waals surface area contributed by atoms with Crippen LogP contribution in [0, 0.1) is 5.82 Å². The summed E-state index contributed by atoms with van der Waals surface area (Å²) in [5, 5.41) is 1.84. The zero-order valence-electron chi connectivity index (χ0n) is 18.3. The molecule has 10 heteroatoms. The minimum Gasteiger partial charge on any atom is -0.366 e. The predicted octanol–water partition coefficient (Wildman–Crippen LogP) is 3.16. The molecule has 0 saturated carbocycles. The van der Waals surface area contributed by atoms with Crippen molar-refractivity contribution in [3.05, 3.63) is 48.3 Å². The van der Waals surface area contributed by atoms with Gasteiger partial charge in [0.15, 0.2) is 9.84 Å². The molecule has 0 radical (unpaired) electrons. The summed E-state index contributed by atoms with van der Waals surface area (Å²) >= 11 is 1.50. The van der Waals surface area contributed by atoms with Crippen molar-refractivity contribution in [2.45, 2.75) is 34.8 Å². The van der Waals surface area contributed by atoms with Crippen molar-refractivity contribution < 1.29 is 22.4 Å². The Labute approximate surface area is 197 Å². The number of carbonyl (C=O) groups is 2. The van der Waals surface area contributed by atoms with Crippen molar-refractivity contribution in [1.29, 1.82) is 0 Å². The number of sulfone groups is 1. The number of nitrogens with one attached hydrogen (secondary N) is 1. The molecular weight excluding hydrogens is 465 g/mol. The highest BCUT2D eigenvalue weighted by Gasteiger charge is 2.30. The molecule has 0 aromatic heterocycles. The average molecular weight is 492 g/mol. The number of thioether (sulfide) groups is 1. The Hall–Kier alpha value is -2.59. The van der Waals surface area contributed by atoms with Crippen molar-refractivity contribution in [3.63, 3.8) is 0 Å². The first-order valence-electron chi connectivity index (χ1n) is 10.8. The van der Waals surface area contributed by atoms with E-state index in [0.717, 1.165) is 4.90 Å². The number of hydrogen-bond donors (Lipinski definition) is 1. The van der Waals surface area contributed by atoms with Crippen LogP contribution in [0.5, 0.6) is 0 Å². The van der Waals surface area contributed by atoms with Crippen molar-refractivity contribution in [2.75, 3.05) is 42.1 Å². The SMILES string of the molecule is CC(CC(=O)N1CCN(c2ccccc2F)CC1)S(=O)(=O)c1ccc2c(c1)NC(=O)CCS2. The molecule has 1 fully saturated rings. The number of piperazine rings is 1. The summed E-state index contributed by atoms with van der Waals surface area (Å²) in [6.45, 7) is 3.30. The first-order chi connectivity index (χ1) is 15.8. The number of fused-ring (bicyclic) bond motifs is 1. The van der Waals surface area contributed by atoms with Crippen LogP contribution in [-0.2, 0) is 19.4 Å². The second-order valence-electron chi connectivity index (χ2n) is 8.18. The molecule has 176 valence electrons. The topological polar surface area (TPSA) is 86.8 Å². The number of benzene rings is 2. The molecule has 1 N–H and O–H groups in total. The van der Waals surface area contributed by atoms with Crippen LogP contribution in [0.1, 0.15) is 19.8 Å². The number of nitrogens with zero attached hydrogens (tertiary/aromatic N) is 2. The number of para-hydroxylation sites is 1. The van der Waals surface area contributed by atoms with E-state index in [1.54, 1.807) is 29.2 Å². The number of amides is 2. The van der Waals surface area contributed by atoms with Crippen LogP contribution >= 0.6 is 11.8 Å². The van der Waals surface area contributed by atoms with Gasteiger partial charge in [-0.05, 0) is 37.3 Å². The third-order valence-corrected chi connectivity index (χ3v) is 9.17. The summed E-state index contributed by atoms with van der Waals surface area (Å²) in [4.78, 5) is 29.1. The van der Waals surface area contributed by atoms with Crippen LogP contribution in [-0.4, -0.2) is 62.3 Å². The third-order valence-electron chi connectivity index (χ3n) is 5.96. The Kier molecular flexibility index (Phi) is 6.94. The van der Waals surface area contributed by atoms with Gasteiger partial charge in [-0.25, -0.2) is 12.8 Å². The lowest BCUT2D eigenvalue weighted by Gasteiger charge is -2.36. The van der Waals surface area contributed by atoms with Gasteiger partial charge < -0.3 is 15.1 Å². The number of hydrogen-bond acceptors (Lipinski definition) is 6. The molecule has 0 aliphatic carbocycles. The van der Waals surface area contributed by atoms with Gasteiger partial charge in [0.05, 0.1) is 21.5 Å². The molecule has 1 unspecified atom stereocenters. The van der Waals surface area contributed by atoms with Crippen molar-refractivity contribution in [1.82, 2.24) is 4.90 Å². The molecule has 33 heavy (non-hydrogen) atoms. The summed E-state index contributed by atoms with van der Waals surface area (Å²) in [7, 11) is -3.76. The normalized spacial score (nSPS) is 17.7. The van der Waals surface area contributed by atoms with E-state index >= 15 is 0 Å². The Morgan fingerprint density at radius 1 is 1.15 bits per heavy atom. The second kappa shape index (κ2) is 9.72. The summed E-state index contributed by atoms with van der Waals surface area (Å²) in [5.41, 5.74) is 1.00. The fourth-order valence-corrected chi connectivity index (χ4v) is 6.30. The maximum Gasteiger partial charge on any atom is 0.225 e. The Morgan fingerprint density at radius 2 is 1.88 bits per heavy atom. The van der Waals surface area contributed by atoms with Crippen LogP contribution in [0.2, 0.25) is 0 Å². The van der Waals surface area contributed by atoms with E-state index < -0.39 is 15.1 Å². The molecule has 2 aliphatic rings. The van der Waals surface area contributed by atoms with E-state index in [0.29, 0.717) is 49.7 Å². The largest absolute Gasteiger partial charge is 0.366 e. The average Bonchev–Trinajstić information content (AvgIpc) is 2.99. The highest BCUT2D eigenvalue weighted by Crippen LogP contribution is 2.33. The highest BCUT2D eigenvalue weighted by molar-refractivity contribution is 7.99. The molecule has 2 aromatic rings. The summed E-state index contributed by atoms with van der Waals surface area (Å²) in [6.07, 6.45) is 0.233. The quantitative estimate of drug-likeness (QED) is 0.692. The van der Waals surface area contributed by atoms with Crippen LogP contribution in [0.4, 0.5) is 15.8 Å².